The smallest absolute Gasteiger partial charge is 0.0831 e. The molecule has 0 saturated carbocycles. The van der Waals surface area contributed by atoms with Crippen LogP contribution in [0.3, 0.4) is 0 Å². The van der Waals surface area contributed by atoms with Crippen molar-refractivity contribution in [3.05, 3.63) is 42.2 Å². The minimum absolute atomic E-state index is 1.05. The van der Waals surface area contributed by atoms with Gasteiger partial charge in [-0.1, -0.05) is 101 Å². The number of nitrogens with zero attached hydrogens (tertiary/aromatic N) is 3. The van der Waals surface area contributed by atoms with Crippen LogP contribution in [0.5, 0.6) is 0 Å². The first-order valence-electron chi connectivity index (χ1n) is 10.4. The van der Waals surface area contributed by atoms with Gasteiger partial charge in [0.05, 0.1) is 17.6 Å². The van der Waals surface area contributed by atoms with Crippen molar-refractivity contribution < 1.29 is 0 Å². The van der Waals surface area contributed by atoms with Crippen molar-refractivity contribution >= 4 is 0 Å². The molecule has 0 N–H and O–H groups in total. The average Bonchev–Trinajstić information content (AvgIpc) is 3.12. The number of benzene rings is 1. The summed E-state index contributed by atoms with van der Waals surface area (Å²) in [4.78, 5) is 0. The second-order valence-electron chi connectivity index (χ2n) is 7.13. The van der Waals surface area contributed by atoms with Gasteiger partial charge < -0.3 is 0 Å². The molecule has 0 amide bonds. The molecule has 0 fully saturated rings. The summed E-state index contributed by atoms with van der Waals surface area (Å²) in [5, 5.41) is 8.52. The van der Waals surface area contributed by atoms with Crippen molar-refractivity contribution in [3.63, 3.8) is 0 Å². The predicted molar refractivity (Wildman–Crippen MR) is 106 cm³/mol. The summed E-state index contributed by atoms with van der Waals surface area (Å²) in [6, 6.07) is 10.2. The van der Waals surface area contributed by atoms with E-state index in [1.54, 1.807) is 0 Å². The number of unbranched alkanes of at least 4 members (excludes halogenated alkanes) is 11. The van der Waals surface area contributed by atoms with Crippen molar-refractivity contribution in [3.8, 4) is 5.69 Å². The van der Waals surface area contributed by atoms with E-state index < -0.39 is 0 Å². The van der Waals surface area contributed by atoms with Crippen molar-refractivity contribution in [1.82, 2.24) is 15.0 Å². The van der Waals surface area contributed by atoms with E-state index in [-0.39, 0.29) is 0 Å². The molecule has 0 saturated heterocycles. The van der Waals surface area contributed by atoms with Gasteiger partial charge in [0, 0.05) is 0 Å². The fraction of sp³-hybridized carbons (Fsp3) is 0.636. The highest BCUT2D eigenvalue weighted by Gasteiger charge is 2.02. The van der Waals surface area contributed by atoms with Gasteiger partial charge in [-0.2, -0.15) is 0 Å². The lowest BCUT2D eigenvalue weighted by Gasteiger charge is -2.02. The number of para-hydroxylation sites is 1. The van der Waals surface area contributed by atoms with Crippen molar-refractivity contribution in [2.24, 2.45) is 0 Å². The minimum atomic E-state index is 1.05. The van der Waals surface area contributed by atoms with E-state index in [2.05, 4.69) is 35.6 Å². The van der Waals surface area contributed by atoms with Gasteiger partial charge in [0.25, 0.3) is 0 Å². The first-order valence-corrected chi connectivity index (χ1v) is 10.4. The highest BCUT2D eigenvalue weighted by molar-refractivity contribution is 5.29. The monoisotopic (exact) mass is 341 g/mol. The molecule has 138 valence electrons. The lowest BCUT2D eigenvalue weighted by Crippen LogP contribution is -1.93. The molecule has 25 heavy (non-hydrogen) atoms. The van der Waals surface area contributed by atoms with Gasteiger partial charge in [-0.3, -0.25) is 0 Å². The zero-order chi connectivity index (χ0) is 17.6. The average molecular weight is 342 g/mol. The maximum absolute atomic E-state index is 4.29. The van der Waals surface area contributed by atoms with Crippen LogP contribution in [0.2, 0.25) is 0 Å². The van der Waals surface area contributed by atoms with E-state index in [1.165, 1.54) is 77.0 Å². The summed E-state index contributed by atoms with van der Waals surface area (Å²) < 4.78 is 1.87. The third-order valence-corrected chi connectivity index (χ3v) is 4.85. The van der Waals surface area contributed by atoms with Crippen LogP contribution in [0.1, 0.15) is 89.7 Å². The van der Waals surface area contributed by atoms with Gasteiger partial charge in [-0.15, -0.1) is 5.10 Å². The van der Waals surface area contributed by atoms with Gasteiger partial charge in [0.2, 0.25) is 0 Å². The molecule has 0 aliphatic carbocycles. The Labute approximate surface area is 153 Å². The molecule has 1 aromatic heterocycles. The number of hydrogen-bond donors (Lipinski definition) is 0. The highest BCUT2D eigenvalue weighted by Crippen LogP contribution is 2.13. The number of hydrogen-bond acceptors (Lipinski definition) is 2. The molecule has 2 aromatic rings. The summed E-state index contributed by atoms with van der Waals surface area (Å²) in [6.07, 6.45) is 19.8. The summed E-state index contributed by atoms with van der Waals surface area (Å²) in [6.45, 7) is 2.28. The van der Waals surface area contributed by atoms with Gasteiger partial charge in [-0.25, -0.2) is 4.68 Å². The van der Waals surface area contributed by atoms with Gasteiger partial charge >= 0.3 is 0 Å². The Bertz CT molecular complexity index is 547. The van der Waals surface area contributed by atoms with E-state index in [4.69, 9.17) is 0 Å². The second kappa shape index (κ2) is 12.7. The van der Waals surface area contributed by atoms with Gasteiger partial charge in [0.15, 0.2) is 0 Å². The Morgan fingerprint density at radius 2 is 1.28 bits per heavy atom. The number of rotatable bonds is 14. The maximum atomic E-state index is 4.29. The molecule has 0 unspecified atom stereocenters. The molecule has 1 heterocycles. The van der Waals surface area contributed by atoms with E-state index >= 15 is 0 Å². The first-order chi connectivity index (χ1) is 12.4. The van der Waals surface area contributed by atoms with E-state index in [9.17, 15) is 0 Å². The molecular formula is C22H35N3. The standard InChI is InChI=1S/C22H35N3/c1-2-3-4-5-6-7-8-9-10-11-12-14-17-21-20-25(24-23-21)22-18-15-13-16-19-22/h13,15-16,18-20H,2-12,14,17H2,1H3. The van der Waals surface area contributed by atoms with Crippen molar-refractivity contribution in [2.45, 2.75) is 90.4 Å². The van der Waals surface area contributed by atoms with Crippen LogP contribution in [-0.2, 0) is 6.42 Å². The molecule has 3 heteroatoms. The zero-order valence-corrected chi connectivity index (χ0v) is 16.0. The predicted octanol–water partition coefficient (Wildman–Crippen LogP) is 6.51. The molecule has 0 radical (unpaired) electrons. The van der Waals surface area contributed by atoms with Crippen LogP contribution in [0.15, 0.2) is 36.5 Å². The molecule has 0 spiro atoms. The molecule has 0 aliphatic heterocycles. The molecule has 1 aromatic carbocycles. The summed E-state index contributed by atoms with van der Waals surface area (Å²) in [5.74, 6) is 0. The molecule has 2 rings (SSSR count). The number of aromatic nitrogens is 3. The summed E-state index contributed by atoms with van der Waals surface area (Å²) >= 11 is 0. The van der Waals surface area contributed by atoms with Crippen LogP contribution in [-0.4, -0.2) is 15.0 Å². The summed E-state index contributed by atoms with van der Waals surface area (Å²) in [5.41, 5.74) is 2.19. The Hall–Kier alpha value is -1.64. The lowest BCUT2D eigenvalue weighted by atomic mass is 10.0. The Morgan fingerprint density at radius 1 is 0.720 bits per heavy atom. The Morgan fingerprint density at radius 3 is 1.88 bits per heavy atom. The first kappa shape index (κ1) is 19.7. The normalized spacial score (nSPS) is 11.1. The molecule has 3 nitrogen and oxygen atoms in total. The largest absolute Gasteiger partial charge is 0.220 e. The number of aryl methyl sites for hydroxylation is 1. The van der Waals surface area contributed by atoms with E-state index in [0.29, 0.717) is 0 Å². The minimum Gasteiger partial charge on any atom is -0.220 e. The maximum Gasteiger partial charge on any atom is 0.0831 e. The van der Waals surface area contributed by atoms with E-state index in [0.717, 1.165) is 17.8 Å². The van der Waals surface area contributed by atoms with Crippen LogP contribution < -0.4 is 0 Å². The van der Waals surface area contributed by atoms with Gasteiger partial charge in [-0.05, 0) is 25.0 Å². The van der Waals surface area contributed by atoms with Gasteiger partial charge in [0.1, 0.15) is 0 Å². The Balaban J connectivity index is 1.45. The van der Waals surface area contributed by atoms with Crippen LogP contribution in [0, 0.1) is 0 Å². The lowest BCUT2D eigenvalue weighted by molar-refractivity contribution is 0.543. The third kappa shape index (κ3) is 8.33. The summed E-state index contributed by atoms with van der Waals surface area (Å²) in [7, 11) is 0. The second-order valence-corrected chi connectivity index (χ2v) is 7.13. The van der Waals surface area contributed by atoms with Crippen molar-refractivity contribution in [2.75, 3.05) is 0 Å². The highest BCUT2D eigenvalue weighted by atomic mass is 15.4. The fourth-order valence-electron chi connectivity index (χ4n) is 3.27. The molecule has 0 bridgehead atoms. The van der Waals surface area contributed by atoms with E-state index in [1.807, 2.05) is 22.9 Å². The molecule has 0 aliphatic rings. The van der Waals surface area contributed by atoms with Crippen LogP contribution >= 0.6 is 0 Å². The fourth-order valence-corrected chi connectivity index (χ4v) is 3.27. The van der Waals surface area contributed by atoms with Crippen LogP contribution in [0.25, 0.3) is 5.69 Å². The zero-order valence-electron chi connectivity index (χ0n) is 16.0. The molecule has 0 atom stereocenters. The Kier molecular flexibility index (Phi) is 9.99. The molecular weight excluding hydrogens is 306 g/mol. The SMILES string of the molecule is CCCCCCCCCCCCCCc1cn(-c2ccccc2)nn1. The quantitative estimate of drug-likeness (QED) is 0.367. The van der Waals surface area contributed by atoms with Crippen molar-refractivity contribution in [1.29, 1.82) is 0 Å². The topological polar surface area (TPSA) is 30.7 Å². The van der Waals surface area contributed by atoms with Crippen LogP contribution in [0.4, 0.5) is 0 Å². The third-order valence-electron chi connectivity index (χ3n) is 4.85.